The van der Waals surface area contributed by atoms with Crippen molar-refractivity contribution in [1.29, 1.82) is 0 Å². The van der Waals surface area contributed by atoms with Gasteiger partial charge in [0, 0.05) is 17.4 Å². The molecule has 93 valence electrons. The van der Waals surface area contributed by atoms with E-state index in [1.165, 1.54) is 18.2 Å². The largest absolute Gasteiger partial charge is 0.573 e. The van der Waals surface area contributed by atoms with E-state index < -0.39 is 6.36 Å². The minimum absolute atomic E-state index is 0.255. The Hall–Kier alpha value is -2.17. The van der Waals surface area contributed by atoms with E-state index in [1.807, 2.05) is 0 Å². The molecule has 0 aliphatic carbocycles. The van der Waals surface area contributed by atoms with Gasteiger partial charge in [-0.25, -0.2) is 0 Å². The molecule has 0 amide bonds. The van der Waals surface area contributed by atoms with Crippen molar-refractivity contribution < 1.29 is 17.9 Å². The Morgan fingerprint density at radius 1 is 1.00 bits per heavy atom. The van der Waals surface area contributed by atoms with Crippen molar-refractivity contribution in [3.05, 3.63) is 54.6 Å². The van der Waals surface area contributed by atoms with Crippen LogP contribution in [0.25, 0.3) is 0 Å². The summed E-state index contributed by atoms with van der Waals surface area (Å²) >= 11 is 0. The van der Waals surface area contributed by atoms with E-state index in [0.717, 1.165) is 5.69 Å². The number of anilines is 2. The topological polar surface area (TPSA) is 21.3 Å². The third-order valence-corrected chi connectivity index (χ3v) is 2.07. The number of rotatable bonds is 3. The lowest BCUT2D eigenvalue weighted by Gasteiger charge is -2.11. The molecule has 0 saturated carbocycles. The van der Waals surface area contributed by atoms with Crippen LogP contribution in [-0.4, -0.2) is 6.36 Å². The van der Waals surface area contributed by atoms with E-state index >= 15 is 0 Å². The average Bonchev–Trinajstić information content (AvgIpc) is 2.28. The Morgan fingerprint density at radius 3 is 2.39 bits per heavy atom. The summed E-state index contributed by atoms with van der Waals surface area (Å²) in [6.07, 6.45) is -4.68. The van der Waals surface area contributed by atoms with Gasteiger partial charge in [0.1, 0.15) is 5.75 Å². The van der Waals surface area contributed by atoms with Gasteiger partial charge in [0.15, 0.2) is 0 Å². The molecule has 0 saturated heterocycles. The third kappa shape index (κ3) is 3.69. The van der Waals surface area contributed by atoms with Crippen LogP contribution in [0.3, 0.4) is 0 Å². The predicted octanol–water partition coefficient (Wildman–Crippen LogP) is 4.13. The maximum atomic E-state index is 12.1. The molecule has 2 rings (SSSR count). The molecule has 0 bridgehead atoms. The summed E-state index contributed by atoms with van der Waals surface area (Å²) in [6.45, 7) is 0. The van der Waals surface area contributed by atoms with E-state index in [-0.39, 0.29) is 5.75 Å². The number of ether oxygens (including phenoxy) is 1. The van der Waals surface area contributed by atoms with Crippen LogP contribution in [0, 0.1) is 6.07 Å². The van der Waals surface area contributed by atoms with Gasteiger partial charge in [-0.05, 0) is 30.3 Å². The van der Waals surface area contributed by atoms with E-state index in [0.29, 0.717) is 5.69 Å². The quantitative estimate of drug-likeness (QED) is 0.886. The standard InChI is InChI=1S/C13H9F3NO/c14-13(15,16)18-12-8-4-7-11(9-12)17-10-5-2-1-3-6-10/h2-9,17H. The predicted molar refractivity (Wildman–Crippen MR) is 61.7 cm³/mol. The minimum Gasteiger partial charge on any atom is -0.406 e. The molecule has 0 aliphatic rings. The first-order chi connectivity index (χ1) is 8.53. The van der Waals surface area contributed by atoms with Crippen molar-refractivity contribution in [2.24, 2.45) is 0 Å². The highest BCUT2D eigenvalue weighted by Gasteiger charge is 2.31. The number of hydrogen-bond acceptors (Lipinski definition) is 2. The van der Waals surface area contributed by atoms with Crippen molar-refractivity contribution in [3.63, 3.8) is 0 Å². The molecule has 2 nitrogen and oxygen atoms in total. The Balaban J connectivity index is 2.13. The summed E-state index contributed by atoms with van der Waals surface area (Å²) in [7, 11) is 0. The number of benzene rings is 2. The minimum atomic E-state index is -4.68. The molecule has 0 unspecified atom stereocenters. The summed E-state index contributed by atoms with van der Waals surface area (Å²) in [6, 6.07) is 15.5. The summed E-state index contributed by atoms with van der Waals surface area (Å²) in [4.78, 5) is 0. The highest BCUT2D eigenvalue weighted by molar-refractivity contribution is 5.60. The molecule has 0 atom stereocenters. The summed E-state index contributed by atoms with van der Waals surface area (Å²) in [5.74, 6) is -0.255. The van der Waals surface area contributed by atoms with Gasteiger partial charge in [0.05, 0.1) is 0 Å². The van der Waals surface area contributed by atoms with Crippen LogP contribution < -0.4 is 10.1 Å². The fraction of sp³-hybridized carbons (Fsp3) is 0.0769. The molecule has 0 aliphatic heterocycles. The number of hydrogen-bond donors (Lipinski definition) is 1. The van der Waals surface area contributed by atoms with E-state index in [2.05, 4.69) is 16.1 Å². The molecule has 2 aromatic rings. The van der Waals surface area contributed by atoms with Gasteiger partial charge < -0.3 is 10.1 Å². The maximum absolute atomic E-state index is 12.1. The van der Waals surface area contributed by atoms with Crippen LogP contribution in [0.15, 0.2) is 48.5 Å². The molecule has 2 aromatic carbocycles. The lowest BCUT2D eigenvalue weighted by molar-refractivity contribution is -0.274. The fourth-order valence-electron chi connectivity index (χ4n) is 1.41. The molecule has 0 fully saturated rings. The molecule has 0 spiro atoms. The molecule has 0 heterocycles. The fourth-order valence-corrected chi connectivity index (χ4v) is 1.41. The molecular weight excluding hydrogens is 243 g/mol. The van der Waals surface area contributed by atoms with Crippen molar-refractivity contribution in [2.75, 3.05) is 5.32 Å². The van der Waals surface area contributed by atoms with Crippen molar-refractivity contribution in [1.82, 2.24) is 0 Å². The van der Waals surface area contributed by atoms with E-state index in [1.54, 1.807) is 30.3 Å². The van der Waals surface area contributed by atoms with Gasteiger partial charge in [-0.1, -0.05) is 18.2 Å². The number of nitrogens with one attached hydrogen (secondary N) is 1. The molecule has 1 radical (unpaired) electrons. The van der Waals surface area contributed by atoms with Crippen molar-refractivity contribution in [2.45, 2.75) is 6.36 Å². The van der Waals surface area contributed by atoms with Gasteiger partial charge in [0.25, 0.3) is 0 Å². The second-order valence-electron chi connectivity index (χ2n) is 3.49. The summed E-state index contributed by atoms with van der Waals surface area (Å²) in [5.41, 5.74) is 1.28. The monoisotopic (exact) mass is 252 g/mol. The molecule has 5 heteroatoms. The van der Waals surface area contributed by atoms with Gasteiger partial charge in [0.2, 0.25) is 0 Å². The lowest BCUT2D eigenvalue weighted by Crippen LogP contribution is -2.17. The first-order valence-corrected chi connectivity index (χ1v) is 5.12. The van der Waals surface area contributed by atoms with Crippen LogP contribution >= 0.6 is 0 Å². The average molecular weight is 252 g/mol. The van der Waals surface area contributed by atoms with E-state index in [9.17, 15) is 13.2 Å². The van der Waals surface area contributed by atoms with Crippen LogP contribution in [0.1, 0.15) is 0 Å². The molecule has 1 N–H and O–H groups in total. The van der Waals surface area contributed by atoms with Crippen molar-refractivity contribution in [3.8, 4) is 5.75 Å². The zero-order valence-electron chi connectivity index (χ0n) is 9.16. The zero-order chi connectivity index (χ0) is 13.0. The van der Waals surface area contributed by atoms with Crippen molar-refractivity contribution >= 4 is 11.4 Å². The SMILES string of the molecule is FC(F)(F)Oc1cccc(Nc2cc[c]cc2)c1. The first kappa shape index (κ1) is 12.3. The zero-order valence-corrected chi connectivity index (χ0v) is 9.16. The maximum Gasteiger partial charge on any atom is 0.573 e. The van der Waals surface area contributed by atoms with Gasteiger partial charge in [-0.2, -0.15) is 0 Å². The summed E-state index contributed by atoms with van der Waals surface area (Å²) in [5, 5.41) is 2.96. The van der Waals surface area contributed by atoms with Gasteiger partial charge in [-0.3, -0.25) is 0 Å². The molecule has 0 aromatic heterocycles. The highest BCUT2D eigenvalue weighted by Crippen LogP contribution is 2.26. The second kappa shape index (κ2) is 5.00. The second-order valence-corrected chi connectivity index (χ2v) is 3.49. The number of halogens is 3. The lowest BCUT2D eigenvalue weighted by atomic mass is 10.2. The van der Waals surface area contributed by atoms with E-state index in [4.69, 9.17) is 0 Å². The Morgan fingerprint density at radius 2 is 1.72 bits per heavy atom. The normalized spacial score (nSPS) is 11.1. The molecule has 18 heavy (non-hydrogen) atoms. The van der Waals surface area contributed by atoms with Crippen LogP contribution in [0.5, 0.6) is 5.75 Å². The molecular formula is C13H9F3NO. The van der Waals surface area contributed by atoms with Gasteiger partial charge in [-0.15, -0.1) is 13.2 Å². The van der Waals surface area contributed by atoms with Gasteiger partial charge >= 0.3 is 6.36 Å². The Labute approximate surface area is 102 Å². The first-order valence-electron chi connectivity index (χ1n) is 5.12. The number of alkyl halides is 3. The Kier molecular flexibility index (Phi) is 3.41. The smallest absolute Gasteiger partial charge is 0.406 e. The van der Waals surface area contributed by atoms with Crippen LogP contribution in [-0.2, 0) is 0 Å². The highest BCUT2D eigenvalue weighted by atomic mass is 19.4. The third-order valence-electron chi connectivity index (χ3n) is 2.07. The summed E-state index contributed by atoms with van der Waals surface area (Å²) < 4.78 is 40.0. The Bertz CT molecular complexity index is 511. The van der Waals surface area contributed by atoms with Crippen LogP contribution in [0.2, 0.25) is 0 Å². The van der Waals surface area contributed by atoms with Crippen LogP contribution in [0.4, 0.5) is 24.5 Å².